The minimum atomic E-state index is -0.387. The molecule has 160 valence electrons. The van der Waals surface area contributed by atoms with E-state index in [0.717, 1.165) is 24.8 Å². The van der Waals surface area contributed by atoms with E-state index in [4.69, 9.17) is 14.3 Å². The van der Waals surface area contributed by atoms with Gasteiger partial charge in [-0.25, -0.2) is 4.68 Å². The van der Waals surface area contributed by atoms with Gasteiger partial charge in [0.1, 0.15) is 12.9 Å². The van der Waals surface area contributed by atoms with E-state index < -0.39 is 0 Å². The maximum absolute atomic E-state index is 13.1. The van der Waals surface area contributed by atoms with Crippen molar-refractivity contribution in [2.45, 2.75) is 19.3 Å². The first-order chi connectivity index (χ1) is 15.1. The van der Waals surface area contributed by atoms with Crippen LogP contribution in [0, 0.1) is 0 Å². The SMILES string of the molecule is CON=C(C(=O)Nc1ccnn1-c1ccc(OC)c(OC)c1)c1ccc2c(c1)CCC2. The molecule has 1 amide bonds. The molecule has 1 aliphatic carbocycles. The van der Waals surface area contributed by atoms with Crippen LogP contribution >= 0.6 is 0 Å². The molecule has 1 aliphatic rings. The number of aromatic nitrogens is 2. The number of carbonyl (C=O) groups is 1. The molecule has 0 atom stereocenters. The predicted molar refractivity (Wildman–Crippen MR) is 117 cm³/mol. The topological polar surface area (TPSA) is 87.0 Å². The first-order valence-electron chi connectivity index (χ1n) is 9.95. The fourth-order valence-electron chi connectivity index (χ4n) is 3.77. The maximum atomic E-state index is 13.1. The fraction of sp³-hybridized carbons (Fsp3) is 0.261. The third kappa shape index (κ3) is 4.09. The lowest BCUT2D eigenvalue weighted by Crippen LogP contribution is -2.25. The van der Waals surface area contributed by atoms with Crippen molar-refractivity contribution in [2.24, 2.45) is 5.16 Å². The van der Waals surface area contributed by atoms with Crippen LogP contribution < -0.4 is 14.8 Å². The van der Waals surface area contributed by atoms with E-state index in [9.17, 15) is 4.79 Å². The van der Waals surface area contributed by atoms with Gasteiger partial charge in [-0.1, -0.05) is 17.3 Å². The van der Waals surface area contributed by atoms with Crippen LogP contribution in [0.2, 0.25) is 0 Å². The Balaban J connectivity index is 1.62. The van der Waals surface area contributed by atoms with Gasteiger partial charge >= 0.3 is 0 Å². The first kappa shape index (κ1) is 20.5. The van der Waals surface area contributed by atoms with Crippen LogP contribution in [0.5, 0.6) is 11.5 Å². The van der Waals surface area contributed by atoms with E-state index in [-0.39, 0.29) is 11.6 Å². The lowest BCUT2D eigenvalue weighted by Gasteiger charge is -2.13. The van der Waals surface area contributed by atoms with Crippen LogP contribution in [-0.2, 0) is 22.5 Å². The summed E-state index contributed by atoms with van der Waals surface area (Å²) in [5.74, 6) is 1.27. The lowest BCUT2D eigenvalue weighted by molar-refractivity contribution is -0.110. The van der Waals surface area contributed by atoms with Crippen molar-refractivity contribution in [3.8, 4) is 17.2 Å². The molecule has 1 heterocycles. The third-order valence-corrected chi connectivity index (χ3v) is 5.27. The van der Waals surface area contributed by atoms with Gasteiger partial charge in [0, 0.05) is 17.7 Å². The van der Waals surface area contributed by atoms with E-state index in [1.807, 2.05) is 18.2 Å². The highest BCUT2D eigenvalue weighted by Gasteiger charge is 2.20. The van der Waals surface area contributed by atoms with Crippen molar-refractivity contribution in [1.29, 1.82) is 0 Å². The molecule has 0 spiro atoms. The minimum absolute atomic E-state index is 0.206. The number of methoxy groups -OCH3 is 2. The Hall–Kier alpha value is -3.81. The number of nitrogens with one attached hydrogen (secondary N) is 1. The molecule has 0 saturated heterocycles. The largest absolute Gasteiger partial charge is 0.493 e. The summed E-state index contributed by atoms with van der Waals surface area (Å²) in [5, 5.41) is 11.2. The number of carbonyl (C=O) groups excluding carboxylic acids is 1. The number of hydrogen-bond acceptors (Lipinski definition) is 6. The van der Waals surface area contributed by atoms with Crippen molar-refractivity contribution < 1.29 is 19.1 Å². The van der Waals surface area contributed by atoms with Gasteiger partial charge in [0.05, 0.1) is 26.1 Å². The second kappa shape index (κ2) is 8.91. The molecule has 8 heteroatoms. The Morgan fingerprint density at radius 3 is 2.58 bits per heavy atom. The third-order valence-electron chi connectivity index (χ3n) is 5.27. The average Bonchev–Trinajstić information content (AvgIpc) is 3.45. The minimum Gasteiger partial charge on any atom is -0.493 e. The molecule has 8 nitrogen and oxygen atoms in total. The molecule has 2 aromatic carbocycles. The van der Waals surface area contributed by atoms with Crippen LogP contribution in [0.15, 0.2) is 53.8 Å². The zero-order valence-corrected chi connectivity index (χ0v) is 17.7. The number of fused-ring (bicyclic) bond motifs is 1. The Morgan fingerprint density at radius 1 is 1.00 bits per heavy atom. The Morgan fingerprint density at radius 2 is 1.81 bits per heavy atom. The van der Waals surface area contributed by atoms with E-state index >= 15 is 0 Å². The molecular weight excluding hydrogens is 396 g/mol. The molecule has 0 unspecified atom stereocenters. The Kier molecular flexibility index (Phi) is 5.88. The van der Waals surface area contributed by atoms with Crippen LogP contribution in [0.1, 0.15) is 23.1 Å². The Bertz CT molecular complexity index is 1140. The van der Waals surface area contributed by atoms with Gasteiger partial charge in [-0.05, 0) is 48.6 Å². The number of rotatable bonds is 7. The lowest BCUT2D eigenvalue weighted by atomic mass is 10.0. The standard InChI is InChI=1S/C23H24N4O4/c1-29-19-10-9-18(14-20(19)30-2)27-21(11-12-24-27)25-23(28)22(26-31-3)17-8-7-15-5-4-6-16(15)13-17/h7-14H,4-6H2,1-3H3,(H,25,28). The second-order valence-electron chi connectivity index (χ2n) is 7.08. The quantitative estimate of drug-likeness (QED) is 0.468. The molecule has 1 aromatic heterocycles. The van der Waals surface area contributed by atoms with Crippen LogP contribution in [0.25, 0.3) is 5.69 Å². The fourth-order valence-corrected chi connectivity index (χ4v) is 3.77. The smallest absolute Gasteiger partial charge is 0.279 e. The van der Waals surface area contributed by atoms with Crippen molar-refractivity contribution in [2.75, 3.05) is 26.6 Å². The predicted octanol–water partition coefficient (Wildman–Crippen LogP) is 3.37. The zero-order chi connectivity index (χ0) is 21.8. The summed E-state index contributed by atoms with van der Waals surface area (Å²) in [7, 11) is 4.57. The summed E-state index contributed by atoms with van der Waals surface area (Å²) in [6.45, 7) is 0. The maximum Gasteiger partial charge on any atom is 0.279 e. The Labute approximate surface area is 180 Å². The van der Waals surface area contributed by atoms with E-state index in [2.05, 4.69) is 21.6 Å². The van der Waals surface area contributed by atoms with Gasteiger partial charge in [0.15, 0.2) is 17.2 Å². The van der Waals surface area contributed by atoms with Crippen molar-refractivity contribution >= 4 is 17.4 Å². The van der Waals surface area contributed by atoms with Crippen LogP contribution in [-0.4, -0.2) is 42.7 Å². The molecule has 4 rings (SSSR count). The van der Waals surface area contributed by atoms with Gasteiger partial charge in [0.2, 0.25) is 0 Å². The number of benzene rings is 2. The first-order valence-corrected chi connectivity index (χ1v) is 9.95. The summed E-state index contributed by atoms with van der Waals surface area (Å²) in [4.78, 5) is 18.1. The average molecular weight is 420 g/mol. The van der Waals surface area contributed by atoms with Crippen molar-refractivity contribution in [3.05, 3.63) is 65.4 Å². The number of oxime groups is 1. The molecule has 0 radical (unpaired) electrons. The van der Waals surface area contributed by atoms with Gasteiger partial charge in [-0.2, -0.15) is 5.10 Å². The van der Waals surface area contributed by atoms with Gasteiger partial charge < -0.3 is 19.6 Å². The van der Waals surface area contributed by atoms with E-state index in [1.165, 1.54) is 18.2 Å². The second-order valence-corrected chi connectivity index (χ2v) is 7.08. The molecule has 0 saturated carbocycles. The van der Waals surface area contributed by atoms with Gasteiger partial charge in [0.25, 0.3) is 5.91 Å². The number of amides is 1. The molecule has 3 aromatic rings. The number of aryl methyl sites for hydroxylation is 2. The highest BCUT2D eigenvalue weighted by Crippen LogP contribution is 2.30. The molecular formula is C23H24N4O4. The molecule has 1 N–H and O–H groups in total. The molecule has 0 aliphatic heterocycles. The summed E-state index contributed by atoms with van der Waals surface area (Å²) in [5.41, 5.74) is 4.21. The van der Waals surface area contributed by atoms with Crippen molar-refractivity contribution in [1.82, 2.24) is 9.78 Å². The highest BCUT2D eigenvalue weighted by atomic mass is 16.6. The number of hydrogen-bond donors (Lipinski definition) is 1. The molecule has 0 bridgehead atoms. The summed E-state index contributed by atoms with van der Waals surface area (Å²) in [6.07, 6.45) is 4.82. The van der Waals surface area contributed by atoms with Crippen LogP contribution in [0.3, 0.4) is 0 Å². The number of ether oxygens (including phenoxy) is 2. The zero-order valence-electron chi connectivity index (χ0n) is 17.7. The van der Waals surface area contributed by atoms with Crippen molar-refractivity contribution in [3.63, 3.8) is 0 Å². The number of anilines is 1. The van der Waals surface area contributed by atoms with E-state index in [0.29, 0.717) is 23.0 Å². The van der Waals surface area contributed by atoms with Gasteiger partial charge in [-0.15, -0.1) is 0 Å². The van der Waals surface area contributed by atoms with E-state index in [1.54, 1.807) is 43.3 Å². The number of nitrogens with zero attached hydrogens (tertiary/aromatic N) is 3. The van der Waals surface area contributed by atoms with Crippen LogP contribution in [0.4, 0.5) is 5.82 Å². The molecule has 31 heavy (non-hydrogen) atoms. The molecule has 0 fully saturated rings. The van der Waals surface area contributed by atoms with Gasteiger partial charge in [-0.3, -0.25) is 4.79 Å². The highest BCUT2D eigenvalue weighted by molar-refractivity contribution is 6.48. The summed E-state index contributed by atoms with van der Waals surface area (Å²) in [6, 6.07) is 13.1. The normalized spacial score (nSPS) is 12.9. The summed E-state index contributed by atoms with van der Waals surface area (Å²) >= 11 is 0. The summed E-state index contributed by atoms with van der Waals surface area (Å²) < 4.78 is 12.3. The monoisotopic (exact) mass is 420 g/mol.